The summed E-state index contributed by atoms with van der Waals surface area (Å²) in [6, 6.07) is 0. The summed E-state index contributed by atoms with van der Waals surface area (Å²) in [6.07, 6.45) is 8.28. The van der Waals surface area contributed by atoms with Crippen LogP contribution in [-0.4, -0.2) is 0 Å². The number of rotatable bonds is 3. The van der Waals surface area contributed by atoms with Gasteiger partial charge in [0, 0.05) is 0 Å². The van der Waals surface area contributed by atoms with Gasteiger partial charge in [0.15, 0.2) is 0 Å². The van der Waals surface area contributed by atoms with Crippen molar-refractivity contribution in [2.45, 2.75) is 19.8 Å². The Balaban J connectivity index is 2.90. The fraction of sp³-hybridized carbons (Fsp3) is 0.273. The predicted molar refractivity (Wildman–Crippen MR) is 50.4 cm³/mol. The summed E-state index contributed by atoms with van der Waals surface area (Å²) in [7, 11) is 0. The highest BCUT2D eigenvalue weighted by Crippen LogP contribution is 2.26. The van der Waals surface area contributed by atoms with Gasteiger partial charge in [0.25, 0.3) is 0 Å². The molecule has 0 spiro atoms. The lowest BCUT2D eigenvalue weighted by Gasteiger charge is -2.03. The van der Waals surface area contributed by atoms with Crippen molar-refractivity contribution in [3.8, 4) is 0 Å². The molecule has 0 fully saturated rings. The summed E-state index contributed by atoms with van der Waals surface area (Å²) in [6.45, 7) is 9.89. The fourth-order valence-electron chi connectivity index (χ4n) is 1.25. The van der Waals surface area contributed by atoms with Crippen LogP contribution in [0.3, 0.4) is 0 Å². The standard InChI is InChI=1S/C11H14/c1-4-9(3)11-8-6-7-10(11)5-2/h5-6,8H,2-4,7H2,1H3. The molecular weight excluding hydrogens is 132 g/mol. The van der Waals surface area contributed by atoms with E-state index in [-0.39, 0.29) is 0 Å². The van der Waals surface area contributed by atoms with Crippen LogP contribution in [0.5, 0.6) is 0 Å². The van der Waals surface area contributed by atoms with Gasteiger partial charge in [-0.05, 0) is 29.6 Å². The van der Waals surface area contributed by atoms with E-state index in [2.05, 4.69) is 32.2 Å². The molecule has 11 heavy (non-hydrogen) atoms. The van der Waals surface area contributed by atoms with Crippen molar-refractivity contribution in [1.29, 1.82) is 0 Å². The minimum atomic E-state index is 1.02. The van der Waals surface area contributed by atoms with Crippen LogP contribution in [0, 0.1) is 0 Å². The predicted octanol–water partition coefficient (Wildman–Crippen LogP) is 3.40. The van der Waals surface area contributed by atoms with Crippen molar-refractivity contribution in [1.82, 2.24) is 0 Å². The van der Waals surface area contributed by atoms with Gasteiger partial charge in [-0.25, -0.2) is 0 Å². The van der Waals surface area contributed by atoms with E-state index < -0.39 is 0 Å². The van der Waals surface area contributed by atoms with E-state index in [4.69, 9.17) is 0 Å². The van der Waals surface area contributed by atoms with Gasteiger partial charge in [-0.3, -0.25) is 0 Å². The van der Waals surface area contributed by atoms with Crippen LogP contribution >= 0.6 is 0 Å². The van der Waals surface area contributed by atoms with E-state index in [0.717, 1.165) is 12.8 Å². The average molecular weight is 146 g/mol. The largest absolute Gasteiger partial charge is 0.0988 e. The molecule has 0 unspecified atom stereocenters. The second-order valence-electron chi connectivity index (χ2n) is 2.71. The van der Waals surface area contributed by atoms with Gasteiger partial charge in [-0.1, -0.05) is 38.3 Å². The summed E-state index contributed by atoms with van der Waals surface area (Å²) in [5.74, 6) is 0. The molecule has 0 aromatic heterocycles. The summed E-state index contributed by atoms with van der Waals surface area (Å²) in [4.78, 5) is 0. The maximum absolute atomic E-state index is 4.00. The fourth-order valence-corrected chi connectivity index (χ4v) is 1.25. The first-order valence-corrected chi connectivity index (χ1v) is 3.99. The lowest BCUT2D eigenvalue weighted by molar-refractivity contribution is 1.12. The minimum absolute atomic E-state index is 1.02. The first-order chi connectivity index (χ1) is 5.29. The molecule has 0 nitrogen and oxygen atoms in total. The molecule has 0 aromatic carbocycles. The Labute approximate surface area is 68.6 Å². The SMILES string of the molecule is C=CC1=C(C(=C)CC)C=CC1. The van der Waals surface area contributed by atoms with E-state index in [9.17, 15) is 0 Å². The maximum atomic E-state index is 4.00. The van der Waals surface area contributed by atoms with Crippen molar-refractivity contribution in [3.63, 3.8) is 0 Å². The molecule has 0 heteroatoms. The Hall–Kier alpha value is -1.04. The van der Waals surface area contributed by atoms with Crippen molar-refractivity contribution in [2.75, 3.05) is 0 Å². The zero-order valence-corrected chi connectivity index (χ0v) is 7.06. The molecule has 0 atom stereocenters. The normalized spacial score (nSPS) is 15.7. The monoisotopic (exact) mass is 146 g/mol. The van der Waals surface area contributed by atoms with Gasteiger partial charge in [-0.15, -0.1) is 0 Å². The smallest absolute Gasteiger partial charge is 0.00883 e. The highest BCUT2D eigenvalue weighted by Gasteiger charge is 2.06. The Bertz CT molecular complexity index is 239. The quantitative estimate of drug-likeness (QED) is 0.572. The Kier molecular flexibility index (Phi) is 2.48. The van der Waals surface area contributed by atoms with Crippen LogP contribution in [0.2, 0.25) is 0 Å². The van der Waals surface area contributed by atoms with Crippen molar-refractivity contribution < 1.29 is 0 Å². The van der Waals surface area contributed by atoms with Crippen molar-refractivity contribution in [3.05, 3.63) is 48.1 Å². The van der Waals surface area contributed by atoms with Crippen LogP contribution in [0.1, 0.15) is 19.8 Å². The first kappa shape index (κ1) is 8.06. The number of hydrogen-bond acceptors (Lipinski definition) is 0. The third-order valence-electron chi connectivity index (χ3n) is 2.02. The Morgan fingerprint density at radius 3 is 3.00 bits per heavy atom. The van der Waals surface area contributed by atoms with E-state index in [1.807, 2.05) is 6.08 Å². The maximum Gasteiger partial charge on any atom is -0.00883 e. The molecule has 1 aliphatic rings. The second-order valence-corrected chi connectivity index (χ2v) is 2.71. The van der Waals surface area contributed by atoms with Crippen molar-refractivity contribution in [2.24, 2.45) is 0 Å². The van der Waals surface area contributed by atoms with Crippen LogP contribution in [0.15, 0.2) is 48.1 Å². The van der Waals surface area contributed by atoms with Crippen LogP contribution in [0.4, 0.5) is 0 Å². The van der Waals surface area contributed by atoms with Gasteiger partial charge >= 0.3 is 0 Å². The third kappa shape index (κ3) is 1.51. The molecule has 0 bridgehead atoms. The van der Waals surface area contributed by atoms with E-state index in [1.165, 1.54) is 16.7 Å². The van der Waals surface area contributed by atoms with Gasteiger partial charge in [-0.2, -0.15) is 0 Å². The third-order valence-corrected chi connectivity index (χ3v) is 2.02. The number of allylic oxidation sites excluding steroid dienone is 6. The summed E-state index contributed by atoms with van der Waals surface area (Å²) in [5.41, 5.74) is 3.83. The molecule has 58 valence electrons. The lowest BCUT2D eigenvalue weighted by atomic mass is 10.0. The summed E-state index contributed by atoms with van der Waals surface area (Å²) in [5, 5.41) is 0. The van der Waals surface area contributed by atoms with Gasteiger partial charge in [0.1, 0.15) is 0 Å². The number of hydrogen-bond donors (Lipinski definition) is 0. The topological polar surface area (TPSA) is 0 Å². The Morgan fingerprint density at radius 1 is 1.73 bits per heavy atom. The summed E-state index contributed by atoms with van der Waals surface area (Å²) >= 11 is 0. The zero-order chi connectivity index (χ0) is 8.27. The zero-order valence-electron chi connectivity index (χ0n) is 7.06. The Morgan fingerprint density at radius 2 is 2.45 bits per heavy atom. The van der Waals surface area contributed by atoms with Gasteiger partial charge in [0.05, 0.1) is 0 Å². The van der Waals surface area contributed by atoms with E-state index in [1.54, 1.807) is 0 Å². The van der Waals surface area contributed by atoms with Crippen LogP contribution in [0.25, 0.3) is 0 Å². The molecule has 0 aliphatic heterocycles. The minimum Gasteiger partial charge on any atom is -0.0988 e. The highest BCUT2D eigenvalue weighted by molar-refractivity contribution is 5.50. The molecule has 0 saturated heterocycles. The molecule has 0 radical (unpaired) electrons. The van der Waals surface area contributed by atoms with E-state index >= 15 is 0 Å². The molecule has 0 N–H and O–H groups in total. The van der Waals surface area contributed by atoms with E-state index in [0.29, 0.717) is 0 Å². The lowest BCUT2D eigenvalue weighted by Crippen LogP contribution is -1.84. The van der Waals surface area contributed by atoms with Crippen molar-refractivity contribution >= 4 is 0 Å². The first-order valence-electron chi connectivity index (χ1n) is 3.99. The second kappa shape index (κ2) is 3.38. The molecule has 0 aromatic rings. The highest BCUT2D eigenvalue weighted by atomic mass is 14.1. The average Bonchev–Trinajstić information content (AvgIpc) is 2.50. The van der Waals surface area contributed by atoms with Gasteiger partial charge < -0.3 is 0 Å². The molecule has 1 aliphatic carbocycles. The summed E-state index contributed by atoms with van der Waals surface area (Å²) < 4.78 is 0. The van der Waals surface area contributed by atoms with Crippen LogP contribution < -0.4 is 0 Å². The molecule has 1 rings (SSSR count). The molecule has 0 saturated carbocycles. The molecule has 0 amide bonds. The van der Waals surface area contributed by atoms with Crippen LogP contribution in [-0.2, 0) is 0 Å². The molecule has 0 heterocycles. The van der Waals surface area contributed by atoms with Gasteiger partial charge in [0.2, 0.25) is 0 Å². The molecular formula is C11H14.